The summed E-state index contributed by atoms with van der Waals surface area (Å²) in [7, 11) is 0. The SMILES string of the molecule is CCOC(=O)C1CCN(C(=O)Cc2cnc[nH]2)CC1. The van der Waals surface area contributed by atoms with Gasteiger partial charge in [0.25, 0.3) is 0 Å². The number of ether oxygens (including phenoxy) is 1. The molecule has 1 aromatic rings. The zero-order valence-electron chi connectivity index (χ0n) is 11.1. The van der Waals surface area contributed by atoms with Gasteiger partial charge in [-0.2, -0.15) is 0 Å². The Morgan fingerprint density at radius 2 is 2.21 bits per heavy atom. The molecule has 1 fully saturated rings. The third kappa shape index (κ3) is 3.56. The molecule has 1 amide bonds. The molecule has 0 unspecified atom stereocenters. The van der Waals surface area contributed by atoms with Gasteiger partial charge in [-0.15, -0.1) is 0 Å². The Bertz CT molecular complexity index is 422. The summed E-state index contributed by atoms with van der Waals surface area (Å²) in [6.45, 7) is 3.46. The highest BCUT2D eigenvalue weighted by molar-refractivity contribution is 5.79. The maximum absolute atomic E-state index is 12.0. The number of aromatic amines is 1. The molecular weight excluding hydrogens is 246 g/mol. The average molecular weight is 265 g/mol. The maximum Gasteiger partial charge on any atom is 0.309 e. The van der Waals surface area contributed by atoms with Gasteiger partial charge in [-0.25, -0.2) is 4.98 Å². The number of carbonyl (C=O) groups is 2. The van der Waals surface area contributed by atoms with Gasteiger partial charge < -0.3 is 14.6 Å². The van der Waals surface area contributed by atoms with E-state index in [1.165, 1.54) is 0 Å². The molecule has 1 aromatic heterocycles. The predicted octanol–water partition coefficient (Wildman–Crippen LogP) is 0.754. The molecule has 1 saturated heterocycles. The summed E-state index contributed by atoms with van der Waals surface area (Å²) < 4.78 is 5.01. The second kappa shape index (κ2) is 6.36. The van der Waals surface area contributed by atoms with Gasteiger partial charge in [-0.05, 0) is 19.8 Å². The first-order valence-electron chi connectivity index (χ1n) is 6.62. The standard InChI is InChI=1S/C13H19N3O3/c1-2-19-13(18)10-3-5-16(6-4-10)12(17)7-11-8-14-9-15-11/h8-10H,2-7H2,1H3,(H,14,15). The first kappa shape index (κ1) is 13.6. The highest BCUT2D eigenvalue weighted by Gasteiger charge is 2.28. The number of aromatic nitrogens is 2. The smallest absolute Gasteiger partial charge is 0.309 e. The van der Waals surface area contributed by atoms with E-state index >= 15 is 0 Å². The minimum Gasteiger partial charge on any atom is -0.466 e. The number of nitrogens with one attached hydrogen (secondary N) is 1. The summed E-state index contributed by atoms with van der Waals surface area (Å²) in [4.78, 5) is 32.2. The number of carbonyl (C=O) groups excluding carboxylic acids is 2. The summed E-state index contributed by atoms with van der Waals surface area (Å²) in [6, 6.07) is 0. The number of hydrogen-bond donors (Lipinski definition) is 1. The molecule has 1 aliphatic heterocycles. The van der Waals surface area contributed by atoms with Crippen molar-refractivity contribution in [2.45, 2.75) is 26.2 Å². The molecule has 1 aliphatic rings. The van der Waals surface area contributed by atoms with Gasteiger partial charge in [-0.3, -0.25) is 9.59 Å². The molecule has 0 saturated carbocycles. The second-order valence-electron chi connectivity index (χ2n) is 4.66. The normalized spacial score (nSPS) is 16.4. The summed E-state index contributed by atoms with van der Waals surface area (Å²) in [6.07, 6.45) is 4.93. The largest absolute Gasteiger partial charge is 0.466 e. The first-order chi connectivity index (χ1) is 9.20. The van der Waals surface area contributed by atoms with Crippen LogP contribution in [0.4, 0.5) is 0 Å². The van der Waals surface area contributed by atoms with Crippen molar-refractivity contribution in [1.82, 2.24) is 14.9 Å². The maximum atomic E-state index is 12.0. The summed E-state index contributed by atoms with van der Waals surface area (Å²) >= 11 is 0. The van der Waals surface area contributed by atoms with E-state index in [9.17, 15) is 9.59 Å². The molecule has 0 radical (unpaired) electrons. The molecule has 6 nitrogen and oxygen atoms in total. The Morgan fingerprint density at radius 1 is 1.47 bits per heavy atom. The first-order valence-corrected chi connectivity index (χ1v) is 6.62. The van der Waals surface area contributed by atoms with Gasteiger partial charge in [0.2, 0.25) is 5.91 Å². The van der Waals surface area contributed by atoms with Crippen LogP contribution >= 0.6 is 0 Å². The van der Waals surface area contributed by atoms with Crippen molar-refractivity contribution in [3.05, 3.63) is 18.2 Å². The molecule has 2 heterocycles. The van der Waals surface area contributed by atoms with E-state index < -0.39 is 0 Å². The van der Waals surface area contributed by atoms with E-state index in [-0.39, 0.29) is 17.8 Å². The van der Waals surface area contributed by atoms with Crippen molar-refractivity contribution in [3.63, 3.8) is 0 Å². The van der Waals surface area contributed by atoms with E-state index in [1.54, 1.807) is 24.3 Å². The molecule has 0 atom stereocenters. The minimum absolute atomic E-state index is 0.0591. The third-order valence-corrected chi connectivity index (χ3v) is 3.36. The van der Waals surface area contributed by atoms with Crippen molar-refractivity contribution in [1.29, 1.82) is 0 Å². The van der Waals surface area contributed by atoms with E-state index in [4.69, 9.17) is 4.74 Å². The molecule has 0 aromatic carbocycles. The fourth-order valence-corrected chi connectivity index (χ4v) is 2.28. The van der Waals surface area contributed by atoms with Gasteiger partial charge in [0, 0.05) is 25.0 Å². The molecular formula is C13H19N3O3. The molecule has 0 bridgehead atoms. The van der Waals surface area contributed by atoms with Gasteiger partial charge in [0.1, 0.15) is 0 Å². The van der Waals surface area contributed by atoms with Crippen molar-refractivity contribution >= 4 is 11.9 Å². The number of esters is 1. The Kier molecular flexibility index (Phi) is 4.54. The van der Waals surface area contributed by atoms with Gasteiger partial charge >= 0.3 is 5.97 Å². The number of H-pyrrole nitrogens is 1. The number of hydrogen-bond acceptors (Lipinski definition) is 4. The lowest BCUT2D eigenvalue weighted by Gasteiger charge is -2.30. The molecule has 19 heavy (non-hydrogen) atoms. The number of nitrogens with zero attached hydrogens (tertiary/aromatic N) is 2. The third-order valence-electron chi connectivity index (χ3n) is 3.36. The second-order valence-corrected chi connectivity index (χ2v) is 4.66. The molecule has 104 valence electrons. The lowest BCUT2D eigenvalue weighted by Crippen LogP contribution is -2.41. The van der Waals surface area contributed by atoms with Crippen LogP contribution in [0, 0.1) is 5.92 Å². The van der Waals surface area contributed by atoms with Crippen LogP contribution in [0.2, 0.25) is 0 Å². The quantitative estimate of drug-likeness (QED) is 0.815. The summed E-state index contributed by atoms with van der Waals surface area (Å²) in [5.41, 5.74) is 0.817. The van der Waals surface area contributed by atoms with Crippen LogP contribution in [0.1, 0.15) is 25.5 Å². The van der Waals surface area contributed by atoms with Crippen LogP contribution < -0.4 is 0 Å². The van der Waals surface area contributed by atoms with Gasteiger partial charge in [0.15, 0.2) is 0 Å². The van der Waals surface area contributed by atoms with Crippen LogP contribution in [0.3, 0.4) is 0 Å². The Morgan fingerprint density at radius 3 is 2.79 bits per heavy atom. The fraction of sp³-hybridized carbons (Fsp3) is 0.615. The van der Waals surface area contributed by atoms with E-state index in [0.29, 0.717) is 39.0 Å². The Balaban J connectivity index is 1.79. The topological polar surface area (TPSA) is 75.3 Å². The zero-order chi connectivity index (χ0) is 13.7. The molecule has 1 N–H and O–H groups in total. The zero-order valence-corrected chi connectivity index (χ0v) is 11.1. The number of amides is 1. The highest BCUT2D eigenvalue weighted by atomic mass is 16.5. The monoisotopic (exact) mass is 265 g/mol. The van der Waals surface area contributed by atoms with Crippen molar-refractivity contribution in [2.75, 3.05) is 19.7 Å². The minimum atomic E-state index is -0.136. The van der Waals surface area contributed by atoms with Crippen molar-refractivity contribution in [3.8, 4) is 0 Å². The van der Waals surface area contributed by atoms with Gasteiger partial charge in [0.05, 0.1) is 25.3 Å². The highest BCUT2D eigenvalue weighted by Crippen LogP contribution is 2.19. The summed E-state index contributed by atoms with van der Waals surface area (Å²) in [5.74, 6) is -0.120. The predicted molar refractivity (Wildman–Crippen MR) is 68.2 cm³/mol. The van der Waals surface area contributed by atoms with Crippen molar-refractivity contribution in [2.24, 2.45) is 5.92 Å². The van der Waals surface area contributed by atoms with Crippen molar-refractivity contribution < 1.29 is 14.3 Å². The molecule has 0 spiro atoms. The fourth-order valence-electron chi connectivity index (χ4n) is 2.28. The van der Waals surface area contributed by atoms with Crippen LogP contribution in [0.5, 0.6) is 0 Å². The average Bonchev–Trinajstić information content (AvgIpc) is 2.92. The lowest BCUT2D eigenvalue weighted by molar-refractivity contribution is -0.151. The van der Waals surface area contributed by atoms with Crippen LogP contribution in [0.25, 0.3) is 0 Å². The van der Waals surface area contributed by atoms with Crippen LogP contribution in [-0.2, 0) is 20.7 Å². The van der Waals surface area contributed by atoms with E-state index in [2.05, 4.69) is 9.97 Å². The molecule has 6 heteroatoms. The summed E-state index contributed by atoms with van der Waals surface area (Å²) in [5, 5.41) is 0. The van der Waals surface area contributed by atoms with Crippen LogP contribution in [-0.4, -0.2) is 46.4 Å². The molecule has 0 aliphatic carbocycles. The van der Waals surface area contributed by atoms with E-state index in [0.717, 1.165) is 5.69 Å². The number of rotatable bonds is 4. The van der Waals surface area contributed by atoms with Gasteiger partial charge in [-0.1, -0.05) is 0 Å². The molecule has 2 rings (SSSR count). The van der Waals surface area contributed by atoms with Crippen LogP contribution in [0.15, 0.2) is 12.5 Å². The Labute approximate surface area is 112 Å². The number of imidazole rings is 1. The van der Waals surface area contributed by atoms with E-state index in [1.807, 2.05) is 0 Å². The lowest BCUT2D eigenvalue weighted by atomic mass is 9.97. The Hall–Kier alpha value is -1.85. The number of likely N-dealkylation sites (tertiary alicyclic amines) is 1. The number of piperidine rings is 1.